The molecule has 0 saturated heterocycles. The smallest absolute Gasteiger partial charge is 0.164 e. The average Bonchev–Trinajstić information content (AvgIpc) is 2.41. The van der Waals surface area contributed by atoms with Gasteiger partial charge in [-0.1, -0.05) is 18.6 Å². The third kappa shape index (κ3) is 3.26. The van der Waals surface area contributed by atoms with Crippen LogP contribution in [-0.4, -0.2) is 25.0 Å². The van der Waals surface area contributed by atoms with Crippen molar-refractivity contribution in [1.82, 2.24) is 0 Å². The average molecular weight is 318 g/mol. The van der Waals surface area contributed by atoms with Gasteiger partial charge in [0.2, 0.25) is 0 Å². The van der Waals surface area contributed by atoms with Crippen molar-refractivity contribution in [1.29, 1.82) is 0 Å². The molecule has 21 heavy (non-hydrogen) atoms. The second-order valence-corrected chi connectivity index (χ2v) is 8.39. The van der Waals surface area contributed by atoms with Gasteiger partial charge < -0.3 is 5.11 Å². The fourth-order valence-corrected chi connectivity index (χ4v) is 4.34. The number of benzene rings is 1. The molecule has 0 aromatic heterocycles. The Morgan fingerprint density at radius 3 is 2.57 bits per heavy atom. The van der Waals surface area contributed by atoms with Crippen LogP contribution in [0.15, 0.2) is 18.2 Å². The van der Waals surface area contributed by atoms with Crippen LogP contribution in [0, 0.1) is 17.6 Å². The lowest BCUT2D eigenvalue weighted by atomic mass is 9.74. The van der Waals surface area contributed by atoms with Gasteiger partial charge in [0.15, 0.2) is 11.6 Å². The molecule has 2 rings (SSSR count). The highest BCUT2D eigenvalue weighted by molar-refractivity contribution is 7.91. The Labute approximate surface area is 123 Å². The molecule has 1 saturated carbocycles. The van der Waals surface area contributed by atoms with Crippen LogP contribution in [0.5, 0.6) is 0 Å². The molecule has 1 aromatic rings. The summed E-state index contributed by atoms with van der Waals surface area (Å²) in [5.41, 5.74) is -1.70. The first-order valence-corrected chi connectivity index (χ1v) is 8.95. The van der Waals surface area contributed by atoms with Gasteiger partial charge in [-0.3, -0.25) is 0 Å². The summed E-state index contributed by atoms with van der Waals surface area (Å²) in [7, 11) is -3.20. The van der Waals surface area contributed by atoms with E-state index in [0.717, 1.165) is 6.07 Å². The minimum Gasteiger partial charge on any atom is -0.385 e. The van der Waals surface area contributed by atoms with Crippen molar-refractivity contribution in [2.75, 3.05) is 6.26 Å². The van der Waals surface area contributed by atoms with E-state index in [1.165, 1.54) is 25.3 Å². The molecular weight excluding hydrogens is 298 g/mol. The number of hydrogen-bond donors (Lipinski definition) is 1. The minimum absolute atomic E-state index is 0.110. The maximum atomic E-state index is 13.9. The van der Waals surface area contributed by atoms with Crippen molar-refractivity contribution < 1.29 is 22.3 Å². The fraction of sp³-hybridized carbons (Fsp3) is 0.600. The number of hydrogen-bond acceptors (Lipinski definition) is 3. The van der Waals surface area contributed by atoms with Crippen LogP contribution in [-0.2, 0) is 15.4 Å². The highest BCUT2D eigenvalue weighted by Gasteiger charge is 2.41. The van der Waals surface area contributed by atoms with Crippen LogP contribution < -0.4 is 0 Å². The van der Waals surface area contributed by atoms with Crippen LogP contribution in [0.1, 0.15) is 38.2 Å². The fourth-order valence-electron chi connectivity index (χ4n) is 3.16. The predicted octanol–water partition coefficient (Wildman–Crippen LogP) is 2.78. The van der Waals surface area contributed by atoms with Crippen molar-refractivity contribution in [3.8, 4) is 0 Å². The van der Waals surface area contributed by atoms with Gasteiger partial charge in [0.25, 0.3) is 0 Å². The second-order valence-electron chi connectivity index (χ2n) is 6.06. The second kappa shape index (κ2) is 5.65. The summed E-state index contributed by atoms with van der Waals surface area (Å²) in [4.78, 5) is 0. The molecule has 0 amide bonds. The Morgan fingerprint density at radius 1 is 1.29 bits per heavy atom. The summed E-state index contributed by atoms with van der Waals surface area (Å²) in [5.74, 6) is -2.49. The first-order chi connectivity index (χ1) is 9.64. The SMILES string of the molecule is CC(O)(c1cccc(F)c1F)C1CCCC(S(C)(=O)=O)C1. The van der Waals surface area contributed by atoms with Crippen LogP contribution >= 0.6 is 0 Å². The van der Waals surface area contributed by atoms with Crippen molar-refractivity contribution in [2.24, 2.45) is 5.92 Å². The summed E-state index contributed by atoms with van der Waals surface area (Å²) < 4.78 is 50.7. The lowest BCUT2D eigenvalue weighted by Crippen LogP contribution is -2.39. The molecule has 3 atom stereocenters. The van der Waals surface area contributed by atoms with Crippen LogP contribution in [0.4, 0.5) is 8.78 Å². The zero-order valence-electron chi connectivity index (χ0n) is 12.1. The Bertz CT molecular complexity index is 626. The zero-order chi connectivity index (χ0) is 15.8. The summed E-state index contributed by atoms with van der Waals surface area (Å²) in [6, 6.07) is 3.69. The quantitative estimate of drug-likeness (QED) is 0.932. The van der Waals surface area contributed by atoms with Gasteiger partial charge in [-0.05, 0) is 38.2 Å². The third-order valence-corrected chi connectivity index (χ3v) is 6.16. The lowest BCUT2D eigenvalue weighted by Gasteiger charge is -2.38. The van der Waals surface area contributed by atoms with Gasteiger partial charge in [0, 0.05) is 11.8 Å². The molecule has 1 N–H and O–H groups in total. The Balaban J connectivity index is 2.33. The molecule has 6 heteroatoms. The van der Waals surface area contributed by atoms with E-state index >= 15 is 0 Å². The van der Waals surface area contributed by atoms with E-state index in [-0.39, 0.29) is 12.0 Å². The van der Waals surface area contributed by atoms with Gasteiger partial charge in [-0.2, -0.15) is 0 Å². The van der Waals surface area contributed by atoms with Crippen LogP contribution in [0.2, 0.25) is 0 Å². The van der Waals surface area contributed by atoms with Crippen LogP contribution in [0.25, 0.3) is 0 Å². The lowest BCUT2D eigenvalue weighted by molar-refractivity contribution is -0.0241. The van der Waals surface area contributed by atoms with E-state index in [4.69, 9.17) is 0 Å². The zero-order valence-corrected chi connectivity index (χ0v) is 13.0. The molecule has 0 aliphatic heterocycles. The van der Waals surface area contributed by atoms with E-state index in [1.54, 1.807) is 0 Å². The highest BCUT2D eigenvalue weighted by atomic mass is 32.2. The topological polar surface area (TPSA) is 54.4 Å². The molecule has 0 heterocycles. The molecule has 118 valence electrons. The number of rotatable bonds is 3. The molecule has 0 spiro atoms. The Hall–Kier alpha value is -1.01. The molecule has 1 aliphatic carbocycles. The van der Waals surface area contributed by atoms with Crippen molar-refractivity contribution in [3.05, 3.63) is 35.4 Å². The third-order valence-electron chi connectivity index (χ3n) is 4.52. The number of aliphatic hydroxyl groups is 1. The molecule has 1 aromatic carbocycles. The predicted molar refractivity (Wildman–Crippen MR) is 76.5 cm³/mol. The monoisotopic (exact) mass is 318 g/mol. The number of halogens is 2. The van der Waals surface area contributed by atoms with Gasteiger partial charge in [0.05, 0.1) is 10.9 Å². The molecule has 3 unspecified atom stereocenters. The normalized spacial score (nSPS) is 26.3. The van der Waals surface area contributed by atoms with Gasteiger partial charge >= 0.3 is 0 Å². The maximum Gasteiger partial charge on any atom is 0.164 e. The Kier molecular flexibility index (Phi) is 4.40. The van der Waals surface area contributed by atoms with E-state index in [1.807, 2.05) is 0 Å². The Morgan fingerprint density at radius 2 is 1.95 bits per heavy atom. The summed E-state index contributed by atoms with van der Waals surface area (Å²) in [5, 5.41) is 10.2. The van der Waals surface area contributed by atoms with Gasteiger partial charge in [-0.15, -0.1) is 0 Å². The van der Waals surface area contributed by atoms with E-state index in [2.05, 4.69) is 0 Å². The van der Waals surface area contributed by atoms with E-state index < -0.39 is 38.2 Å². The summed E-state index contributed by atoms with van der Waals surface area (Å²) in [6.45, 7) is 1.43. The van der Waals surface area contributed by atoms with Crippen LogP contribution in [0.3, 0.4) is 0 Å². The van der Waals surface area contributed by atoms with Gasteiger partial charge in [-0.25, -0.2) is 17.2 Å². The molecule has 0 radical (unpaired) electrons. The molecule has 1 aliphatic rings. The minimum atomic E-state index is -3.20. The van der Waals surface area contributed by atoms with Gasteiger partial charge in [0.1, 0.15) is 9.84 Å². The van der Waals surface area contributed by atoms with E-state index in [9.17, 15) is 22.3 Å². The first kappa shape index (κ1) is 16.4. The highest BCUT2D eigenvalue weighted by Crippen LogP contribution is 2.41. The van der Waals surface area contributed by atoms with Crippen molar-refractivity contribution >= 4 is 9.84 Å². The van der Waals surface area contributed by atoms with Crippen molar-refractivity contribution in [2.45, 2.75) is 43.5 Å². The summed E-state index contributed by atoms with van der Waals surface area (Å²) >= 11 is 0. The number of sulfone groups is 1. The maximum absolute atomic E-state index is 13.9. The molecule has 0 bridgehead atoms. The van der Waals surface area contributed by atoms with E-state index in [0.29, 0.717) is 19.3 Å². The molecule has 1 fully saturated rings. The molecule has 3 nitrogen and oxygen atoms in total. The standard InChI is InChI=1S/C15H20F2O3S/c1-15(18,12-7-4-8-13(16)14(12)17)10-5-3-6-11(9-10)21(2,19)20/h4,7-8,10-11,18H,3,5-6,9H2,1-2H3. The van der Waals surface area contributed by atoms with Crippen molar-refractivity contribution in [3.63, 3.8) is 0 Å². The largest absolute Gasteiger partial charge is 0.385 e. The first-order valence-electron chi connectivity index (χ1n) is 6.99. The molecular formula is C15H20F2O3S. The summed E-state index contributed by atoms with van der Waals surface area (Å²) in [6.07, 6.45) is 3.24.